The number of carbonyl (C=O) groups is 1. The Hall–Kier alpha value is -0.610. The molecule has 0 aromatic heterocycles. The van der Waals surface area contributed by atoms with Crippen molar-refractivity contribution in [3.63, 3.8) is 0 Å². The van der Waals surface area contributed by atoms with Gasteiger partial charge >= 0.3 is 5.97 Å². The van der Waals surface area contributed by atoms with Gasteiger partial charge in [0.25, 0.3) is 0 Å². The Labute approximate surface area is 194 Å². The number of hydrogen-bond acceptors (Lipinski definition) is 2. The van der Waals surface area contributed by atoms with E-state index in [0.29, 0.717) is 10.9 Å². The van der Waals surface area contributed by atoms with Gasteiger partial charge in [0.05, 0.1) is 27.1 Å². The smallest absolute Gasteiger partial charge is 0.303 e. The second kappa shape index (κ2) is 18.9. The fourth-order valence-corrected chi connectivity index (χ4v) is 4.93. The number of likely N-dealkylation sites (N-methyl/N-ethyl adjacent to an activating group) is 1. The van der Waals surface area contributed by atoms with Crippen LogP contribution in [0.25, 0.3) is 0 Å². The van der Waals surface area contributed by atoms with E-state index in [1.807, 2.05) is 0 Å². The summed E-state index contributed by atoms with van der Waals surface area (Å²) in [6.45, 7) is 5.94. The normalized spacial score (nSPS) is 14.0. The van der Waals surface area contributed by atoms with Gasteiger partial charge in [-0.15, -0.1) is 0 Å². The van der Waals surface area contributed by atoms with E-state index < -0.39 is 11.6 Å². The average Bonchev–Trinajstić information content (AvgIpc) is 2.67. The molecule has 0 bridgehead atoms. The molecule has 31 heavy (non-hydrogen) atoms. The van der Waals surface area contributed by atoms with Crippen LogP contribution in [0.2, 0.25) is 0 Å². The zero-order valence-electron chi connectivity index (χ0n) is 21.6. The highest BCUT2D eigenvalue weighted by molar-refractivity contribution is 5.66. The number of nitrogens with zero attached hydrogens (tertiary/aromatic N) is 1. The average molecular weight is 443 g/mol. The summed E-state index contributed by atoms with van der Waals surface area (Å²) in [5, 5.41) is 20.1. The van der Waals surface area contributed by atoms with Crippen molar-refractivity contribution in [3.05, 3.63) is 0 Å². The van der Waals surface area contributed by atoms with Crippen molar-refractivity contribution in [1.29, 1.82) is 0 Å². The highest BCUT2D eigenvalue weighted by Gasteiger charge is 2.33. The quantitative estimate of drug-likeness (QED) is 0.129. The molecular weight excluding hydrogens is 386 g/mol. The van der Waals surface area contributed by atoms with Crippen LogP contribution in [0, 0.1) is 0 Å². The standard InChI is InChI=1S/C27H55NO3/c1-5-7-8-9-10-11-12-13-14-15-16-17-18-19-23-27(31,22-6-2)25-28(3,4)24-20-21-26(29)30/h31H,5-25H2,1-4H3/p+1. The maximum Gasteiger partial charge on any atom is 0.303 e. The molecule has 0 aliphatic heterocycles. The molecule has 0 saturated carbocycles. The fraction of sp³-hybridized carbons (Fsp3) is 0.963. The van der Waals surface area contributed by atoms with Crippen molar-refractivity contribution in [3.8, 4) is 0 Å². The number of aliphatic hydroxyl groups is 1. The van der Waals surface area contributed by atoms with Crippen molar-refractivity contribution < 1.29 is 19.5 Å². The first kappa shape index (κ1) is 30.4. The molecule has 0 amide bonds. The summed E-state index contributed by atoms with van der Waals surface area (Å²) >= 11 is 0. The highest BCUT2D eigenvalue weighted by Crippen LogP contribution is 2.25. The number of rotatable bonds is 23. The first-order chi connectivity index (χ1) is 14.7. The first-order valence-electron chi connectivity index (χ1n) is 13.5. The molecule has 0 aromatic carbocycles. The van der Waals surface area contributed by atoms with Gasteiger partial charge in [0.15, 0.2) is 0 Å². The van der Waals surface area contributed by atoms with Crippen LogP contribution in [0.3, 0.4) is 0 Å². The van der Waals surface area contributed by atoms with Gasteiger partial charge in [-0.25, -0.2) is 0 Å². The van der Waals surface area contributed by atoms with Crippen molar-refractivity contribution in [2.24, 2.45) is 0 Å². The Morgan fingerprint density at radius 1 is 0.677 bits per heavy atom. The van der Waals surface area contributed by atoms with Gasteiger partial charge in [-0.3, -0.25) is 4.79 Å². The molecule has 0 fully saturated rings. The van der Waals surface area contributed by atoms with Gasteiger partial charge in [-0.2, -0.15) is 0 Å². The molecule has 0 rings (SSSR count). The lowest BCUT2D eigenvalue weighted by Gasteiger charge is -2.38. The van der Waals surface area contributed by atoms with Gasteiger partial charge < -0.3 is 14.7 Å². The van der Waals surface area contributed by atoms with E-state index in [4.69, 9.17) is 5.11 Å². The van der Waals surface area contributed by atoms with Gasteiger partial charge in [-0.1, -0.05) is 110 Å². The number of unbranched alkanes of at least 4 members (excludes halogenated alkanes) is 13. The summed E-state index contributed by atoms with van der Waals surface area (Å²) in [6.07, 6.45) is 22.5. The SMILES string of the molecule is CCCCCCCCCCCCCCCCC(O)(CCC)C[N+](C)(C)CCCC(=O)O. The zero-order chi connectivity index (χ0) is 23.4. The Balaban J connectivity index is 3.85. The first-order valence-corrected chi connectivity index (χ1v) is 13.5. The van der Waals surface area contributed by atoms with Crippen LogP contribution in [0.1, 0.15) is 136 Å². The molecule has 1 unspecified atom stereocenters. The van der Waals surface area contributed by atoms with Crippen LogP contribution < -0.4 is 0 Å². The second-order valence-electron chi connectivity index (χ2n) is 10.6. The van der Waals surface area contributed by atoms with Crippen LogP contribution in [-0.2, 0) is 4.79 Å². The Kier molecular flexibility index (Phi) is 18.5. The number of carboxylic acid groups (broad SMARTS) is 1. The largest absolute Gasteiger partial charge is 0.481 e. The molecule has 0 spiro atoms. The van der Waals surface area contributed by atoms with Crippen LogP contribution >= 0.6 is 0 Å². The zero-order valence-corrected chi connectivity index (χ0v) is 21.6. The molecule has 0 aromatic rings. The Morgan fingerprint density at radius 3 is 1.55 bits per heavy atom. The van der Waals surface area contributed by atoms with Gasteiger partial charge in [-0.05, 0) is 12.8 Å². The molecule has 1 atom stereocenters. The lowest BCUT2D eigenvalue weighted by molar-refractivity contribution is -0.897. The van der Waals surface area contributed by atoms with Crippen molar-refractivity contribution in [2.45, 2.75) is 141 Å². The summed E-state index contributed by atoms with van der Waals surface area (Å²) < 4.78 is 0.697. The van der Waals surface area contributed by atoms with Crippen LogP contribution in [-0.4, -0.2) is 53.5 Å². The van der Waals surface area contributed by atoms with Crippen LogP contribution in [0.5, 0.6) is 0 Å². The minimum absolute atomic E-state index is 0.215. The number of quaternary nitrogens is 1. The van der Waals surface area contributed by atoms with E-state index in [9.17, 15) is 9.90 Å². The lowest BCUT2D eigenvalue weighted by Crippen LogP contribution is -2.52. The minimum atomic E-state index is -0.730. The van der Waals surface area contributed by atoms with Crippen molar-refractivity contribution in [1.82, 2.24) is 0 Å². The summed E-state index contributed by atoms with van der Waals surface area (Å²) in [5.41, 5.74) is -0.612. The summed E-state index contributed by atoms with van der Waals surface area (Å²) in [5.74, 6) is -0.730. The molecule has 0 aliphatic rings. The molecular formula is C27H56NO3+. The third-order valence-corrected chi connectivity index (χ3v) is 6.59. The number of hydrogen-bond donors (Lipinski definition) is 2. The minimum Gasteiger partial charge on any atom is -0.481 e. The molecule has 4 nitrogen and oxygen atoms in total. The van der Waals surface area contributed by atoms with E-state index in [1.54, 1.807) is 0 Å². The monoisotopic (exact) mass is 442 g/mol. The maximum atomic E-state index is 11.2. The number of aliphatic carboxylic acids is 1. The van der Waals surface area contributed by atoms with E-state index in [-0.39, 0.29) is 6.42 Å². The van der Waals surface area contributed by atoms with Crippen LogP contribution in [0.4, 0.5) is 0 Å². The molecule has 0 saturated heterocycles. The van der Waals surface area contributed by atoms with Crippen molar-refractivity contribution >= 4 is 5.97 Å². The van der Waals surface area contributed by atoms with E-state index in [1.165, 1.54) is 83.5 Å². The summed E-state index contributed by atoms with van der Waals surface area (Å²) in [7, 11) is 4.24. The Bertz CT molecular complexity index is 425. The molecule has 2 N–H and O–H groups in total. The van der Waals surface area contributed by atoms with E-state index >= 15 is 0 Å². The molecule has 186 valence electrons. The van der Waals surface area contributed by atoms with Crippen molar-refractivity contribution in [2.75, 3.05) is 27.2 Å². The maximum absolute atomic E-state index is 11.2. The Morgan fingerprint density at radius 2 is 1.13 bits per heavy atom. The molecule has 0 aliphatic carbocycles. The predicted molar refractivity (Wildman–Crippen MR) is 133 cm³/mol. The highest BCUT2D eigenvalue weighted by atomic mass is 16.4. The second-order valence-corrected chi connectivity index (χ2v) is 10.6. The lowest BCUT2D eigenvalue weighted by atomic mass is 9.89. The van der Waals surface area contributed by atoms with E-state index in [0.717, 1.165) is 38.8 Å². The summed E-state index contributed by atoms with van der Waals surface area (Å²) in [6, 6.07) is 0. The molecule has 4 heteroatoms. The molecule has 0 radical (unpaired) electrons. The van der Waals surface area contributed by atoms with E-state index in [2.05, 4.69) is 27.9 Å². The predicted octanol–water partition coefficient (Wildman–Crippen LogP) is 7.33. The van der Waals surface area contributed by atoms with Gasteiger partial charge in [0.2, 0.25) is 0 Å². The summed E-state index contributed by atoms with van der Waals surface area (Å²) in [4.78, 5) is 10.8. The number of carboxylic acids is 1. The topological polar surface area (TPSA) is 57.5 Å². The van der Waals surface area contributed by atoms with Crippen LogP contribution in [0.15, 0.2) is 0 Å². The molecule has 0 heterocycles. The third kappa shape index (κ3) is 19.8. The fourth-order valence-electron chi connectivity index (χ4n) is 4.93. The third-order valence-electron chi connectivity index (χ3n) is 6.59. The van der Waals surface area contributed by atoms with Gasteiger partial charge in [0, 0.05) is 6.42 Å². The van der Waals surface area contributed by atoms with Gasteiger partial charge in [0.1, 0.15) is 12.1 Å².